The molecule has 4 unspecified atom stereocenters. The van der Waals surface area contributed by atoms with Gasteiger partial charge in [-0.1, -0.05) is 15.9 Å². The molecule has 1 saturated carbocycles. The Morgan fingerprint density at radius 1 is 1.27 bits per heavy atom. The fourth-order valence-corrected chi connectivity index (χ4v) is 3.98. The number of halogens is 1. The quantitative estimate of drug-likeness (QED) is 0.672. The number of hydrogen-bond donors (Lipinski definition) is 1. The predicted molar refractivity (Wildman–Crippen MR) is 63.2 cm³/mol. The van der Waals surface area contributed by atoms with E-state index in [1.54, 1.807) is 0 Å². The molecule has 3 rings (SSSR count). The second-order valence-electron chi connectivity index (χ2n) is 4.92. The predicted octanol–water partition coefficient (Wildman–Crippen LogP) is 1.18. The summed E-state index contributed by atoms with van der Waals surface area (Å²) in [6.45, 7) is 4.38. The molecule has 4 heteroatoms. The first-order valence-electron chi connectivity index (χ1n) is 6.08. The van der Waals surface area contributed by atoms with Gasteiger partial charge in [0.1, 0.15) is 0 Å². The summed E-state index contributed by atoms with van der Waals surface area (Å²) in [5.74, 6) is 0.688. The molecule has 4 atom stereocenters. The van der Waals surface area contributed by atoms with Crippen LogP contribution >= 0.6 is 15.9 Å². The van der Waals surface area contributed by atoms with Crippen molar-refractivity contribution in [3.8, 4) is 0 Å². The van der Waals surface area contributed by atoms with E-state index in [1.807, 2.05) is 0 Å². The Balaban J connectivity index is 1.78. The monoisotopic (exact) mass is 274 g/mol. The maximum atomic E-state index is 5.99. The Morgan fingerprint density at radius 3 is 3.13 bits per heavy atom. The molecule has 1 N–H and O–H groups in total. The van der Waals surface area contributed by atoms with Crippen LogP contribution in [0.15, 0.2) is 0 Å². The summed E-state index contributed by atoms with van der Waals surface area (Å²) >= 11 is 3.77. The van der Waals surface area contributed by atoms with E-state index in [4.69, 9.17) is 4.74 Å². The lowest BCUT2D eigenvalue weighted by Gasteiger charge is -2.37. The average molecular weight is 275 g/mol. The lowest BCUT2D eigenvalue weighted by atomic mass is 9.84. The molecule has 2 saturated heterocycles. The highest BCUT2D eigenvalue weighted by molar-refractivity contribution is 9.09. The van der Waals surface area contributed by atoms with Crippen molar-refractivity contribution in [2.75, 3.05) is 26.2 Å². The highest BCUT2D eigenvalue weighted by atomic mass is 79.9. The molecule has 1 aliphatic carbocycles. The molecule has 3 nitrogen and oxygen atoms in total. The van der Waals surface area contributed by atoms with Gasteiger partial charge in [-0.2, -0.15) is 0 Å². The minimum atomic E-state index is 0.499. The number of fused-ring (bicyclic) bond motifs is 3. The van der Waals surface area contributed by atoms with Crippen LogP contribution in [-0.2, 0) is 4.74 Å². The van der Waals surface area contributed by atoms with Gasteiger partial charge in [-0.25, -0.2) is 0 Å². The number of ether oxygens (including phenoxy) is 1. The van der Waals surface area contributed by atoms with Crippen molar-refractivity contribution in [1.29, 1.82) is 0 Å². The zero-order valence-electron chi connectivity index (χ0n) is 8.99. The zero-order valence-corrected chi connectivity index (χ0v) is 10.6. The van der Waals surface area contributed by atoms with Crippen molar-refractivity contribution in [1.82, 2.24) is 10.2 Å². The first-order valence-corrected chi connectivity index (χ1v) is 6.99. The second kappa shape index (κ2) is 4.32. The topological polar surface area (TPSA) is 24.5 Å². The number of alkyl halides is 1. The highest BCUT2D eigenvalue weighted by Crippen LogP contribution is 2.36. The molecule has 15 heavy (non-hydrogen) atoms. The molecule has 0 aromatic rings. The normalized spacial score (nSPS) is 47.0. The second-order valence-corrected chi connectivity index (χ2v) is 6.21. The van der Waals surface area contributed by atoms with E-state index >= 15 is 0 Å². The zero-order chi connectivity index (χ0) is 10.3. The maximum absolute atomic E-state index is 5.99. The number of nitrogens with zero attached hydrogens (tertiary/aromatic N) is 1. The number of hydrogen-bond acceptors (Lipinski definition) is 3. The van der Waals surface area contributed by atoms with Gasteiger partial charge in [0.05, 0.1) is 18.9 Å². The van der Waals surface area contributed by atoms with Gasteiger partial charge in [-0.15, -0.1) is 0 Å². The summed E-state index contributed by atoms with van der Waals surface area (Å²) in [5.41, 5.74) is 0. The molecule has 2 heterocycles. The molecule has 86 valence electrons. The third kappa shape index (κ3) is 1.97. The Labute approximate surface area is 99.7 Å². The molecule has 0 bridgehead atoms. The molecule has 0 aromatic heterocycles. The van der Waals surface area contributed by atoms with Gasteiger partial charge in [0.25, 0.3) is 0 Å². The Hall–Kier alpha value is 0.360. The standard InChI is InChI=1S/C11H19BrN2O/c12-8-1-2-10-9(7-8)11-13-3-4-14(11)5-6-15-10/h8-11,13H,1-7H2. The molecule has 0 amide bonds. The minimum Gasteiger partial charge on any atom is -0.376 e. The molecular formula is C11H19BrN2O. The van der Waals surface area contributed by atoms with Crippen LogP contribution in [0.5, 0.6) is 0 Å². The Kier molecular flexibility index (Phi) is 3.03. The maximum Gasteiger partial charge on any atom is 0.0653 e. The van der Waals surface area contributed by atoms with Crippen LogP contribution in [0.2, 0.25) is 0 Å². The van der Waals surface area contributed by atoms with E-state index in [1.165, 1.54) is 25.8 Å². The van der Waals surface area contributed by atoms with Gasteiger partial charge < -0.3 is 10.1 Å². The van der Waals surface area contributed by atoms with Crippen LogP contribution in [0, 0.1) is 5.92 Å². The van der Waals surface area contributed by atoms with Crippen LogP contribution in [-0.4, -0.2) is 48.2 Å². The molecule has 3 fully saturated rings. The molecule has 0 spiro atoms. The third-order valence-corrected chi connectivity index (χ3v) is 4.86. The Bertz CT molecular complexity index is 237. The van der Waals surface area contributed by atoms with Crippen molar-refractivity contribution in [2.24, 2.45) is 5.92 Å². The van der Waals surface area contributed by atoms with Crippen LogP contribution in [0.4, 0.5) is 0 Å². The molecule has 3 aliphatic rings. The van der Waals surface area contributed by atoms with Gasteiger partial charge in [0, 0.05) is 30.4 Å². The molecule has 2 aliphatic heterocycles. The van der Waals surface area contributed by atoms with Crippen LogP contribution in [0.1, 0.15) is 19.3 Å². The lowest BCUT2D eigenvalue weighted by molar-refractivity contribution is -0.00147. The SMILES string of the molecule is BrC1CCC2OCCN3CCNC3C2C1. The summed E-state index contributed by atoms with van der Waals surface area (Å²) in [7, 11) is 0. The smallest absolute Gasteiger partial charge is 0.0653 e. The number of nitrogens with one attached hydrogen (secondary N) is 1. The molecular weight excluding hydrogens is 256 g/mol. The summed E-state index contributed by atoms with van der Waals surface area (Å²) in [6, 6.07) is 0. The van der Waals surface area contributed by atoms with Crippen LogP contribution in [0.25, 0.3) is 0 Å². The molecule has 0 aromatic carbocycles. The third-order valence-electron chi connectivity index (χ3n) is 4.03. The van der Waals surface area contributed by atoms with Gasteiger partial charge in [-0.3, -0.25) is 4.90 Å². The van der Waals surface area contributed by atoms with E-state index < -0.39 is 0 Å². The van der Waals surface area contributed by atoms with E-state index in [0.717, 1.165) is 19.7 Å². The Morgan fingerprint density at radius 2 is 2.20 bits per heavy atom. The highest BCUT2D eigenvalue weighted by Gasteiger charge is 2.41. The van der Waals surface area contributed by atoms with E-state index in [2.05, 4.69) is 26.1 Å². The van der Waals surface area contributed by atoms with Gasteiger partial charge in [0.2, 0.25) is 0 Å². The van der Waals surface area contributed by atoms with Gasteiger partial charge >= 0.3 is 0 Å². The van der Waals surface area contributed by atoms with E-state index in [9.17, 15) is 0 Å². The van der Waals surface area contributed by atoms with Crippen molar-refractivity contribution >= 4 is 15.9 Å². The van der Waals surface area contributed by atoms with Crippen molar-refractivity contribution in [3.05, 3.63) is 0 Å². The first kappa shape index (κ1) is 10.5. The minimum absolute atomic E-state index is 0.499. The fraction of sp³-hybridized carbons (Fsp3) is 1.00. The van der Waals surface area contributed by atoms with Gasteiger partial charge in [-0.05, 0) is 19.3 Å². The van der Waals surface area contributed by atoms with Crippen molar-refractivity contribution in [2.45, 2.75) is 36.4 Å². The summed E-state index contributed by atoms with van der Waals surface area (Å²) < 4.78 is 5.99. The summed E-state index contributed by atoms with van der Waals surface area (Å²) in [6.07, 6.45) is 4.84. The van der Waals surface area contributed by atoms with Crippen LogP contribution < -0.4 is 5.32 Å². The summed E-state index contributed by atoms with van der Waals surface area (Å²) in [4.78, 5) is 3.26. The number of rotatable bonds is 0. The van der Waals surface area contributed by atoms with Crippen LogP contribution in [0.3, 0.4) is 0 Å². The van der Waals surface area contributed by atoms with Gasteiger partial charge in [0.15, 0.2) is 0 Å². The first-order chi connectivity index (χ1) is 7.34. The largest absolute Gasteiger partial charge is 0.376 e. The van der Waals surface area contributed by atoms with E-state index in [0.29, 0.717) is 23.0 Å². The fourth-order valence-electron chi connectivity index (χ4n) is 3.28. The lowest BCUT2D eigenvalue weighted by Crippen LogP contribution is -2.47. The average Bonchev–Trinajstić information content (AvgIpc) is 2.62. The molecule has 0 radical (unpaired) electrons. The van der Waals surface area contributed by atoms with Crippen molar-refractivity contribution < 1.29 is 4.74 Å². The van der Waals surface area contributed by atoms with E-state index in [-0.39, 0.29) is 0 Å². The van der Waals surface area contributed by atoms with Crippen molar-refractivity contribution in [3.63, 3.8) is 0 Å². The summed E-state index contributed by atoms with van der Waals surface area (Å²) in [5, 5.41) is 3.64.